The standard InChI is InChI=1S/C32H30F6N2O6/c1-29(22-11-14-25-26(18-22)46-19-45-25)27(41)40(28(42)39-29)15-5-6-16-44-24-13-12-23(30(43,31(33,34)35)32(36,37)38)17-21(24)10-9-20-7-3-2-4-8-20/h2-4,7-8,11-14,17-18,43H,5-6,9-10,15-16,19H2,1H3,(H,39,42). The Morgan fingerprint density at radius 2 is 1.59 bits per heavy atom. The third kappa shape index (κ3) is 6.17. The van der Waals surface area contributed by atoms with Gasteiger partial charge in [0, 0.05) is 12.1 Å². The quantitative estimate of drug-likeness (QED) is 0.147. The summed E-state index contributed by atoms with van der Waals surface area (Å²) in [5.41, 5.74) is -6.43. The molecular weight excluding hydrogens is 622 g/mol. The van der Waals surface area contributed by atoms with Gasteiger partial charge in [-0.1, -0.05) is 42.5 Å². The molecule has 0 aromatic heterocycles. The number of urea groups is 1. The Morgan fingerprint density at radius 3 is 2.28 bits per heavy atom. The highest BCUT2D eigenvalue weighted by atomic mass is 19.4. The number of imide groups is 1. The summed E-state index contributed by atoms with van der Waals surface area (Å²) < 4.78 is 97.8. The van der Waals surface area contributed by atoms with E-state index in [4.69, 9.17) is 14.2 Å². The maximum absolute atomic E-state index is 13.6. The van der Waals surface area contributed by atoms with Crippen LogP contribution >= 0.6 is 0 Å². The summed E-state index contributed by atoms with van der Waals surface area (Å²) in [5, 5.41) is 12.6. The van der Waals surface area contributed by atoms with E-state index in [0.29, 0.717) is 42.0 Å². The van der Waals surface area contributed by atoms with Crippen molar-refractivity contribution in [2.45, 2.75) is 56.1 Å². The van der Waals surface area contributed by atoms with E-state index in [1.807, 2.05) is 0 Å². The number of fused-ring (bicyclic) bond motifs is 1. The average molecular weight is 653 g/mol. The Kier molecular flexibility index (Phi) is 8.86. The lowest BCUT2D eigenvalue weighted by Crippen LogP contribution is -2.53. The maximum Gasteiger partial charge on any atom is 0.430 e. The zero-order chi connectivity index (χ0) is 33.3. The molecule has 46 heavy (non-hydrogen) atoms. The number of aliphatic hydroxyl groups is 1. The molecule has 3 amide bonds. The third-order valence-corrected chi connectivity index (χ3v) is 8.08. The van der Waals surface area contributed by atoms with Crippen molar-refractivity contribution < 1.29 is 55.2 Å². The number of rotatable bonds is 11. The number of amides is 3. The predicted octanol–water partition coefficient (Wildman–Crippen LogP) is 6.14. The van der Waals surface area contributed by atoms with E-state index < -0.39 is 41.0 Å². The fourth-order valence-electron chi connectivity index (χ4n) is 5.41. The maximum atomic E-state index is 13.6. The van der Waals surface area contributed by atoms with E-state index in [1.165, 1.54) is 0 Å². The summed E-state index contributed by atoms with van der Waals surface area (Å²) in [6, 6.07) is 15.3. The monoisotopic (exact) mass is 652 g/mol. The Labute approximate surface area is 259 Å². The van der Waals surface area contributed by atoms with Gasteiger partial charge in [-0.3, -0.25) is 9.69 Å². The van der Waals surface area contributed by atoms with E-state index in [9.17, 15) is 41.0 Å². The average Bonchev–Trinajstić information content (AvgIpc) is 3.57. The Morgan fingerprint density at radius 1 is 0.891 bits per heavy atom. The van der Waals surface area contributed by atoms with Crippen LogP contribution in [0.5, 0.6) is 17.2 Å². The molecule has 2 N–H and O–H groups in total. The fourth-order valence-corrected chi connectivity index (χ4v) is 5.41. The van der Waals surface area contributed by atoms with E-state index in [1.54, 1.807) is 55.5 Å². The van der Waals surface area contributed by atoms with Gasteiger partial charge in [0.1, 0.15) is 11.3 Å². The second kappa shape index (κ2) is 12.4. The number of nitrogens with zero attached hydrogens (tertiary/aromatic N) is 1. The van der Waals surface area contributed by atoms with Crippen LogP contribution in [0.3, 0.4) is 0 Å². The summed E-state index contributed by atoms with van der Waals surface area (Å²) >= 11 is 0. The van der Waals surface area contributed by atoms with Crippen LogP contribution < -0.4 is 19.5 Å². The van der Waals surface area contributed by atoms with Gasteiger partial charge in [-0.05, 0) is 73.6 Å². The van der Waals surface area contributed by atoms with Crippen LogP contribution in [0.2, 0.25) is 0 Å². The van der Waals surface area contributed by atoms with Gasteiger partial charge in [-0.15, -0.1) is 0 Å². The van der Waals surface area contributed by atoms with Gasteiger partial charge in [0.25, 0.3) is 11.5 Å². The zero-order valence-electron chi connectivity index (χ0n) is 24.5. The molecule has 1 saturated heterocycles. The van der Waals surface area contributed by atoms with E-state index in [-0.39, 0.29) is 44.1 Å². The van der Waals surface area contributed by atoms with Crippen LogP contribution in [-0.2, 0) is 28.8 Å². The molecule has 5 rings (SSSR count). The minimum atomic E-state index is -6.03. The summed E-state index contributed by atoms with van der Waals surface area (Å²) in [4.78, 5) is 27.0. The van der Waals surface area contributed by atoms with Crippen molar-refractivity contribution in [1.82, 2.24) is 10.2 Å². The number of alkyl halides is 6. The van der Waals surface area contributed by atoms with Crippen LogP contribution in [-0.4, -0.2) is 54.2 Å². The number of carbonyl (C=O) groups is 2. The minimum Gasteiger partial charge on any atom is -0.493 e. The summed E-state index contributed by atoms with van der Waals surface area (Å²) in [7, 11) is 0. The number of hydrogen-bond acceptors (Lipinski definition) is 6. The first-order valence-electron chi connectivity index (χ1n) is 14.4. The molecule has 2 heterocycles. The molecule has 14 heteroatoms. The first-order chi connectivity index (χ1) is 21.6. The molecule has 1 unspecified atom stereocenters. The van der Waals surface area contributed by atoms with Crippen LogP contribution in [0, 0.1) is 0 Å². The number of carbonyl (C=O) groups excluding carboxylic acids is 2. The fraction of sp³-hybridized carbons (Fsp3) is 0.375. The largest absolute Gasteiger partial charge is 0.493 e. The van der Waals surface area contributed by atoms with Crippen molar-refractivity contribution in [2.24, 2.45) is 0 Å². The van der Waals surface area contributed by atoms with Crippen LogP contribution in [0.4, 0.5) is 31.1 Å². The van der Waals surface area contributed by atoms with E-state index in [0.717, 1.165) is 16.5 Å². The highest BCUT2D eigenvalue weighted by Crippen LogP contribution is 2.50. The van der Waals surface area contributed by atoms with Gasteiger partial charge in [-0.2, -0.15) is 26.3 Å². The number of ether oxygens (including phenoxy) is 3. The van der Waals surface area contributed by atoms with Crippen molar-refractivity contribution in [2.75, 3.05) is 19.9 Å². The van der Waals surface area contributed by atoms with Crippen molar-refractivity contribution in [1.29, 1.82) is 0 Å². The molecular formula is C32H30F6N2O6. The van der Waals surface area contributed by atoms with Gasteiger partial charge >= 0.3 is 18.4 Å². The van der Waals surface area contributed by atoms with Gasteiger partial charge in [0.05, 0.1) is 6.61 Å². The second-order valence-corrected chi connectivity index (χ2v) is 11.1. The number of hydrogen-bond donors (Lipinski definition) is 2. The first-order valence-corrected chi connectivity index (χ1v) is 14.4. The Bertz CT molecular complexity index is 1580. The molecule has 0 bridgehead atoms. The van der Waals surface area contributed by atoms with Gasteiger partial charge in [0.2, 0.25) is 6.79 Å². The topological polar surface area (TPSA) is 97.3 Å². The van der Waals surface area contributed by atoms with Gasteiger partial charge in [-0.25, -0.2) is 4.79 Å². The van der Waals surface area contributed by atoms with E-state index >= 15 is 0 Å². The molecule has 0 saturated carbocycles. The lowest BCUT2D eigenvalue weighted by molar-refractivity contribution is -0.376. The summed E-state index contributed by atoms with van der Waals surface area (Å²) in [6.45, 7) is 1.65. The molecule has 3 aromatic rings. The van der Waals surface area contributed by atoms with E-state index in [2.05, 4.69) is 5.32 Å². The summed E-state index contributed by atoms with van der Waals surface area (Å²) in [6.07, 6.45) is -11.1. The molecule has 3 aromatic carbocycles. The zero-order valence-corrected chi connectivity index (χ0v) is 24.5. The van der Waals surface area contributed by atoms with Crippen LogP contribution in [0.25, 0.3) is 0 Å². The molecule has 1 atom stereocenters. The molecule has 246 valence electrons. The smallest absolute Gasteiger partial charge is 0.430 e. The Balaban J connectivity index is 1.25. The molecule has 0 radical (unpaired) electrons. The van der Waals surface area contributed by atoms with Gasteiger partial charge < -0.3 is 24.6 Å². The SMILES string of the molecule is CC1(c2ccc3c(c2)OCO3)NC(=O)N(CCCCOc2ccc(C(O)(C(F)(F)F)C(F)(F)F)cc2CCc2ccccc2)C1=O. The third-order valence-electron chi connectivity index (χ3n) is 8.08. The number of halogens is 6. The predicted molar refractivity (Wildman–Crippen MR) is 151 cm³/mol. The van der Waals surface area contributed by atoms with Crippen LogP contribution in [0.15, 0.2) is 66.7 Å². The lowest BCUT2D eigenvalue weighted by atomic mass is 9.89. The van der Waals surface area contributed by atoms with Crippen molar-refractivity contribution in [3.63, 3.8) is 0 Å². The highest BCUT2D eigenvalue weighted by Gasteiger charge is 2.71. The first kappa shape index (κ1) is 32.9. The normalized spacial score (nSPS) is 18.2. The lowest BCUT2D eigenvalue weighted by Gasteiger charge is -2.33. The number of nitrogens with one attached hydrogen (secondary N) is 1. The van der Waals surface area contributed by atoms with Crippen molar-refractivity contribution >= 4 is 11.9 Å². The summed E-state index contributed by atoms with van der Waals surface area (Å²) in [5.74, 6) is 0.555. The molecule has 1 fully saturated rings. The van der Waals surface area contributed by atoms with Crippen molar-refractivity contribution in [3.8, 4) is 17.2 Å². The highest BCUT2D eigenvalue weighted by molar-refractivity contribution is 6.07. The molecule has 0 aliphatic carbocycles. The number of benzene rings is 3. The van der Waals surface area contributed by atoms with Crippen molar-refractivity contribution in [3.05, 3.63) is 89.0 Å². The number of unbranched alkanes of at least 4 members (excludes halogenated alkanes) is 1. The molecule has 2 aliphatic rings. The number of aryl methyl sites for hydroxylation is 2. The van der Waals surface area contributed by atoms with Crippen LogP contribution in [0.1, 0.15) is 42.0 Å². The minimum absolute atomic E-state index is 0.0103. The Hall–Kier alpha value is -4.46. The molecule has 8 nitrogen and oxygen atoms in total. The second-order valence-electron chi connectivity index (χ2n) is 11.1. The van der Waals surface area contributed by atoms with Gasteiger partial charge in [0.15, 0.2) is 11.5 Å². The molecule has 2 aliphatic heterocycles. The molecule has 0 spiro atoms.